The summed E-state index contributed by atoms with van der Waals surface area (Å²) in [6.45, 7) is 3.71. The van der Waals surface area contributed by atoms with Crippen LogP contribution < -0.4 is 5.73 Å². The Bertz CT molecular complexity index is 156. The van der Waals surface area contributed by atoms with Crippen molar-refractivity contribution < 1.29 is 9.47 Å². The Labute approximate surface area is 86.3 Å². The molecule has 0 spiro atoms. The Morgan fingerprint density at radius 3 is 2.79 bits per heavy atom. The zero-order valence-corrected chi connectivity index (χ0v) is 9.29. The highest BCUT2D eigenvalue weighted by molar-refractivity contribution is 4.84. The summed E-state index contributed by atoms with van der Waals surface area (Å²) in [6, 6.07) is 0. The van der Waals surface area contributed by atoms with Crippen LogP contribution in [0.5, 0.6) is 0 Å². The van der Waals surface area contributed by atoms with Crippen molar-refractivity contribution >= 4 is 0 Å². The molecule has 84 valence electrons. The molecule has 1 saturated heterocycles. The lowest BCUT2D eigenvalue weighted by molar-refractivity contribution is -0.124. The van der Waals surface area contributed by atoms with E-state index in [1.165, 1.54) is 0 Å². The molecule has 1 fully saturated rings. The monoisotopic (exact) mass is 202 g/mol. The summed E-state index contributed by atoms with van der Waals surface area (Å²) >= 11 is 0. The average molecular weight is 202 g/mol. The Balaban J connectivity index is 2.29. The number of nitrogens with zero attached hydrogens (tertiary/aromatic N) is 1. The van der Waals surface area contributed by atoms with E-state index in [2.05, 4.69) is 4.90 Å². The van der Waals surface area contributed by atoms with Crippen molar-refractivity contribution in [2.75, 3.05) is 47.0 Å². The summed E-state index contributed by atoms with van der Waals surface area (Å²) in [6.07, 6.45) is 2.08. The van der Waals surface area contributed by atoms with Crippen molar-refractivity contribution in [1.29, 1.82) is 0 Å². The molecule has 0 radical (unpaired) electrons. The predicted molar refractivity (Wildman–Crippen MR) is 56.3 cm³/mol. The lowest BCUT2D eigenvalue weighted by Crippen LogP contribution is -2.48. The first-order valence-electron chi connectivity index (χ1n) is 5.25. The van der Waals surface area contributed by atoms with Crippen molar-refractivity contribution in [3.05, 3.63) is 0 Å². The molecule has 0 aromatic carbocycles. The fourth-order valence-corrected chi connectivity index (χ4v) is 1.61. The molecule has 4 nitrogen and oxygen atoms in total. The molecule has 2 N–H and O–H groups in total. The standard InChI is InChI=1S/C10H22N2O2/c1-12(2)5-7-14-10(8-11)4-3-6-13-9-10/h3-9,11H2,1-2H3. The normalized spacial score (nSPS) is 28.3. The average Bonchev–Trinajstić information content (AvgIpc) is 2.19. The molecule has 0 aliphatic carbocycles. The number of hydrogen-bond acceptors (Lipinski definition) is 4. The van der Waals surface area contributed by atoms with Crippen molar-refractivity contribution in [3.8, 4) is 0 Å². The second kappa shape index (κ2) is 5.66. The zero-order chi connectivity index (χ0) is 10.4. The molecule has 0 amide bonds. The summed E-state index contributed by atoms with van der Waals surface area (Å²) in [5.41, 5.74) is 5.52. The number of ether oxygens (including phenoxy) is 2. The third kappa shape index (κ3) is 3.53. The van der Waals surface area contributed by atoms with Crippen LogP contribution in [0.1, 0.15) is 12.8 Å². The number of nitrogens with two attached hydrogens (primary N) is 1. The van der Waals surface area contributed by atoms with E-state index in [0.29, 0.717) is 13.2 Å². The van der Waals surface area contributed by atoms with Gasteiger partial charge in [0.05, 0.1) is 13.2 Å². The van der Waals surface area contributed by atoms with Crippen LogP contribution in [0.3, 0.4) is 0 Å². The van der Waals surface area contributed by atoms with Crippen molar-refractivity contribution in [2.45, 2.75) is 18.4 Å². The first kappa shape index (κ1) is 11.9. The first-order valence-corrected chi connectivity index (χ1v) is 5.25. The van der Waals surface area contributed by atoms with Crippen molar-refractivity contribution in [1.82, 2.24) is 4.90 Å². The van der Waals surface area contributed by atoms with E-state index in [0.717, 1.165) is 32.6 Å². The molecule has 1 atom stereocenters. The summed E-state index contributed by atoms with van der Waals surface area (Å²) in [5.74, 6) is 0. The third-order valence-corrected chi connectivity index (χ3v) is 2.60. The summed E-state index contributed by atoms with van der Waals surface area (Å²) in [5, 5.41) is 0. The van der Waals surface area contributed by atoms with Crippen LogP contribution in [0.2, 0.25) is 0 Å². The topological polar surface area (TPSA) is 47.7 Å². The number of likely N-dealkylation sites (N-methyl/N-ethyl adjacent to an activating group) is 1. The zero-order valence-electron chi connectivity index (χ0n) is 9.29. The summed E-state index contributed by atoms with van der Waals surface area (Å²) in [4.78, 5) is 2.11. The van der Waals surface area contributed by atoms with Gasteiger partial charge in [0.2, 0.25) is 0 Å². The maximum atomic E-state index is 5.84. The smallest absolute Gasteiger partial charge is 0.104 e. The third-order valence-electron chi connectivity index (χ3n) is 2.60. The van der Waals surface area contributed by atoms with Crippen LogP contribution >= 0.6 is 0 Å². The van der Waals surface area contributed by atoms with Gasteiger partial charge < -0.3 is 20.1 Å². The highest BCUT2D eigenvalue weighted by Crippen LogP contribution is 2.22. The lowest BCUT2D eigenvalue weighted by atomic mass is 9.97. The number of rotatable bonds is 5. The van der Waals surface area contributed by atoms with E-state index in [1.807, 2.05) is 14.1 Å². The van der Waals surface area contributed by atoms with Gasteiger partial charge in [0.25, 0.3) is 0 Å². The molecule has 4 heteroatoms. The fourth-order valence-electron chi connectivity index (χ4n) is 1.61. The lowest BCUT2D eigenvalue weighted by Gasteiger charge is -2.36. The second-order valence-corrected chi connectivity index (χ2v) is 4.20. The minimum Gasteiger partial charge on any atom is -0.378 e. The second-order valence-electron chi connectivity index (χ2n) is 4.20. The van der Waals surface area contributed by atoms with E-state index < -0.39 is 0 Å². The van der Waals surface area contributed by atoms with E-state index >= 15 is 0 Å². The molecule has 14 heavy (non-hydrogen) atoms. The van der Waals surface area contributed by atoms with E-state index in [1.54, 1.807) is 0 Å². The van der Waals surface area contributed by atoms with Gasteiger partial charge in [0.1, 0.15) is 5.60 Å². The maximum absolute atomic E-state index is 5.84. The van der Waals surface area contributed by atoms with Gasteiger partial charge in [-0.1, -0.05) is 0 Å². The molecule has 0 aromatic heterocycles. The van der Waals surface area contributed by atoms with Crippen LogP contribution in [0.4, 0.5) is 0 Å². The number of hydrogen-bond donors (Lipinski definition) is 1. The van der Waals surface area contributed by atoms with Gasteiger partial charge in [-0.2, -0.15) is 0 Å². The van der Waals surface area contributed by atoms with Gasteiger partial charge in [0, 0.05) is 19.7 Å². The molecule has 0 bridgehead atoms. The van der Waals surface area contributed by atoms with Gasteiger partial charge in [0.15, 0.2) is 0 Å². The molecule has 1 aliphatic heterocycles. The van der Waals surface area contributed by atoms with Crippen molar-refractivity contribution in [2.24, 2.45) is 5.73 Å². The molecular weight excluding hydrogens is 180 g/mol. The van der Waals surface area contributed by atoms with Gasteiger partial charge in [-0.3, -0.25) is 0 Å². The molecule has 0 saturated carbocycles. The molecule has 1 aliphatic rings. The minimum absolute atomic E-state index is 0.214. The molecular formula is C10H22N2O2. The molecule has 0 aromatic rings. The molecule has 1 rings (SSSR count). The van der Waals surface area contributed by atoms with Gasteiger partial charge in [-0.15, -0.1) is 0 Å². The van der Waals surface area contributed by atoms with Crippen LogP contribution in [0, 0.1) is 0 Å². The Morgan fingerprint density at radius 1 is 1.50 bits per heavy atom. The Morgan fingerprint density at radius 2 is 2.29 bits per heavy atom. The van der Waals surface area contributed by atoms with Gasteiger partial charge >= 0.3 is 0 Å². The van der Waals surface area contributed by atoms with E-state index in [9.17, 15) is 0 Å². The SMILES string of the molecule is CN(C)CCOC1(CN)CCCOC1. The highest BCUT2D eigenvalue weighted by Gasteiger charge is 2.32. The Kier molecular flexibility index (Phi) is 4.81. The van der Waals surface area contributed by atoms with Crippen LogP contribution in [-0.4, -0.2) is 57.5 Å². The van der Waals surface area contributed by atoms with Crippen LogP contribution in [0.15, 0.2) is 0 Å². The largest absolute Gasteiger partial charge is 0.378 e. The van der Waals surface area contributed by atoms with Gasteiger partial charge in [-0.05, 0) is 26.9 Å². The van der Waals surface area contributed by atoms with Crippen molar-refractivity contribution in [3.63, 3.8) is 0 Å². The quantitative estimate of drug-likeness (QED) is 0.685. The fraction of sp³-hybridized carbons (Fsp3) is 1.00. The van der Waals surface area contributed by atoms with Crippen LogP contribution in [-0.2, 0) is 9.47 Å². The summed E-state index contributed by atoms with van der Waals surface area (Å²) < 4.78 is 11.3. The van der Waals surface area contributed by atoms with E-state index in [4.69, 9.17) is 15.2 Å². The minimum atomic E-state index is -0.214. The molecule has 1 unspecified atom stereocenters. The molecule has 1 heterocycles. The highest BCUT2D eigenvalue weighted by atomic mass is 16.5. The predicted octanol–water partition coefficient (Wildman–Crippen LogP) is 0.0725. The summed E-state index contributed by atoms with van der Waals surface area (Å²) in [7, 11) is 4.08. The first-order chi connectivity index (χ1) is 6.68. The Hall–Kier alpha value is -0.160. The van der Waals surface area contributed by atoms with Gasteiger partial charge in [-0.25, -0.2) is 0 Å². The van der Waals surface area contributed by atoms with Crippen LogP contribution in [0.25, 0.3) is 0 Å². The van der Waals surface area contributed by atoms with E-state index in [-0.39, 0.29) is 5.60 Å². The maximum Gasteiger partial charge on any atom is 0.104 e.